The first-order valence-corrected chi connectivity index (χ1v) is 10.5. The molecule has 3 rings (SSSR count). The summed E-state index contributed by atoms with van der Waals surface area (Å²) >= 11 is 0. The summed E-state index contributed by atoms with van der Waals surface area (Å²) in [5, 5.41) is 11.9. The molecule has 1 N–H and O–H groups in total. The topological polar surface area (TPSA) is 90.6 Å². The van der Waals surface area contributed by atoms with E-state index in [1.54, 1.807) is 7.11 Å². The van der Waals surface area contributed by atoms with Gasteiger partial charge in [0.05, 0.1) is 19.2 Å². The smallest absolute Gasteiger partial charge is 0.305 e. The number of carbonyl (C=O) groups excluding carboxylic acids is 1. The third kappa shape index (κ3) is 4.80. The van der Waals surface area contributed by atoms with E-state index >= 15 is 0 Å². The number of hydrogen-bond donors (Lipinski definition) is 1. The second kappa shape index (κ2) is 9.73. The lowest BCUT2D eigenvalue weighted by atomic mass is 10.2. The molecule has 0 saturated carbocycles. The standard InChI is InChI=1S/C22H31N5O3/c1-14(2)13-30-18(28)9-7-6-8-12-23-21-22-26-25-16(4)27(22)17-11-10-15(3)20(29-5)19(17)24-21/h10-11,14H,6-9,12-13H2,1-5H3,(H,23,24). The average Bonchev–Trinajstić information content (AvgIpc) is 3.11. The number of carbonyl (C=O) groups is 1. The monoisotopic (exact) mass is 413 g/mol. The van der Waals surface area contributed by atoms with Crippen molar-refractivity contribution in [1.82, 2.24) is 19.6 Å². The molecule has 0 atom stereocenters. The molecule has 2 aromatic heterocycles. The van der Waals surface area contributed by atoms with Crippen molar-refractivity contribution >= 4 is 28.5 Å². The average molecular weight is 414 g/mol. The Morgan fingerprint density at radius 1 is 1.17 bits per heavy atom. The number of aryl methyl sites for hydroxylation is 2. The van der Waals surface area contributed by atoms with Gasteiger partial charge in [-0.1, -0.05) is 26.3 Å². The minimum absolute atomic E-state index is 0.115. The van der Waals surface area contributed by atoms with E-state index in [0.717, 1.165) is 54.0 Å². The Labute approximate surface area is 177 Å². The predicted molar refractivity (Wildman–Crippen MR) is 117 cm³/mol. The number of esters is 1. The molecule has 0 unspecified atom stereocenters. The van der Waals surface area contributed by atoms with Crippen molar-refractivity contribution in [3.8, 4) is 5.75 Å². The summed E-state index contributed by atoms with van der Waals surface area (Å²) in [5.74, 6) is 2.49. The van der Waals surface area contributed by atoms with E-state index in [4.69, 9.17) is 14.5 Å². The van der Waals surface area contributed by atoms with Crippen LogP contribution in [0.15, 0.2) is 12.1 Å². The molecule has 162 valence electrons. The second-order valence-electron chi connectivity index (χ2n) is 7.96. The Kier molecular flexibility index (Phi) is 7.07. The second-order valence-corrected chi connectivity index (χ2v) is 7.96. The number of nitrogens with one attached hydrogen (secondary N) is 1. The molecular weight excluding hydrogens is 382 g/mol. The lowest BCUT2D eigenvalue weighted by Crippen LogP contribution is -2.10. The van der Waals surface area contributed by atoms with Crippen molar-refractivity contribution in [1.29, 1.82) is 0 Å². The van der Waals surface area contributed by atoms with Crippen LogP contribution in [0.25, 0.3) is 16.7 Å². The molecule has 0 aliphatic carbocycles. The SMILES string of the molecule is COc1c(C)ccc2c1nc(NCCCCCC(=O)OCC(C)C)c1nnc(C)n12. The summed E-state index contributed by atoms with van der Waals surface area (Å²) in [7, 11) is 1.66. The lowest BCUT2D eigenvalue weighted by Gasteiger charge is -2.13. The molecule has 2 heterocycles. The van der Waals surface area contributed by atoms with Crippen LogP contribution in [0.2, 0.25) is 0 Å². The minimum Gasteiger partial charge on any atom is -0.494 e. The highest BCUT2D eigenvalue weighted by Crippen LogP contribution is 2.31. The lowest BCUT2D eigenvalue weighted by molar-refractivity contribution is -0.144. The Balaban J connectivity index is 1.65. The zero-order valence-electron chi connectivity index (χ0n) is 18.5. The van der Waals surface area contributed by atoms with Crippen LogP contribution >= 0.6 is 0 Å². The van der Waals surface area contributed by atoms with E-state index in [2.05, 4.69) is 15.5 Å². The van der Waals surface area contributed by atoms with Crippen molar-refractivity contribution in [2.45, 2.75) is 53.4 Å². The van der Waals surface area contributed by atoms with Crippen molar-refractivity contribution < 1.29 is 14.3 Å². The van der Waals surface area contributed by atoms with Crippen molar-refractivity contribution in [2.75, 3.05) is 25.6 Å². The Morgan fingerprint density at radius 2 is 1.97 bits per heavy atom. The first kappa shape index (κ1) is 21.8. The number of benzene rings is 1. The molecule has 0 aliphatic heterocycles. The quantitative estimate of drug-likeness (QED) is 0.396. The highest BCUT2D eigenvalue weighted by molar-refractivity contribution is 5.88. The molecule has 0 radical (unpaired) electrons. The van der Waals surface area contributed by atoms with Gasteiger partial charge in [0, 0.05) is 13.0 Å². The number of hydrogen-bond acceptors (Lipinski definition) is 7. The third-order valence-corrected chi connectivity index (χ3v) is 4.94. The molecule has 8 heteroatoms. The van der Waals surface area contributed by atoms with Gasteiger partial charge in [-0.2, -0.15) is 0 Å². The van der Waals surface area contributed by atoms with Gasteiger partial charge in [-0.15, -0.1) is 10.2 Å². The van der Waals surface area contributed by atoms with E-state index in [-0.39, 0.29) is 5.97 Å². The van der Waals surface area contributed by atoms with Gasteiger partial charge in [-0.3, -0.25) is 9.20 Å². The maximum absolute atomic E-state index is 11.7. The molecule has 30 heavy (non-hydrogen) atoms. The van der Waals surface area contributed by atoms with E-state index in [9.17, 15) is 4.79 Å². The van der Waals surface area contributed by atoms with Gasteiger partial charge in [0.1, 0.15) is 17.1 Å². The largest absolute Gasteiger partial charge is 0.494 e. The van der Waals surface area contributed by atoms with Crippen LogP contribution in [0.3, 0.4) is 0 Å². The molecule has 0 amide bonds. The number of fused-ring (bicyclic) bond motifs is 3. The molecule has 0 aliphatic rings. The van der Waals surface area contributed by atoms with Gasteiger partial charge in [-0.25, -0.2) is 4.98 Å². The van der Waals surface area contributed by atoms with Gasteiger partial charge in [-0.05, 0) is 44.2 Å². The molecule has 1 aromatic carbocycles. The summed E-state index contributed by atoms with van der Waals surface area (Å²) in [6, 6.07) is 4.03. The first-order chi connectivity index (χ1) is 14.4. The van der Waals surface area contributed by atoms with Crippen molar-refractivity contribution in [2.24, 2.45) is 5.92 Å². The third-order valence-electron chi connectivity index (χ3n) is 4.94. The van der Waals surface area contributed by atoms with Crippen LogP contribution in [-0.4, -0.2) is 45.8 Å². The fourth-order valence-corrected chi connectivity index (χ4v) is 3.40. The number of aromatic nitrogens is 4. The minimum atomic E-state index is -0.115. The van der Waals surface area contributed by atoms with Gasteiger partial charge < -0.3 is 14.8 Å². The molecule has 8 nitrogen and oxygen atoms in total. The van der Waals surface area contributed by atoms with Crippen LogP contribution in [-0.2, 0) is 9.53 Å². The normalized spacial score (nSPS) is 11.4. The molecule has 0 spiro atoms. The summed E-state index contributed by atoms with van der Waals surface area (Å²) in [5.41, 5.74) is 3.42. The number of rotatable bonds is 10. The molecule has 0 bridgehead atoms. The highest BCUT2D eigenvalue weighted by atomic mass is 16.5. The summed E-state index contributed by atoms with van der Waals surface area (Å²) in [4.78, 5) is 16.5. The summed E-state index contributed by atoms with van der Waals surface area (Å²) < 4.78 is 12.8. The van der Waals surface area contributed by atoms with Crippen molar-refractivity contribution in [3.05, 3.63) is 23.5 Å². The number of unbranched alkanes of at least 4 members (excludes halogenated alkanes) is 2. The highest BCUT2D eigenvalue weighted by Gasteiger charge is 2.16. The number of nitrogens with zero attached hydrogens (tertiary/aromatic N) is 4. The van der Waals surface area contributed by atoms with Crippen molar-refractivity contribution in [3.63, 3.8) is 0 Å². The van der Waals surface area contributed by atoms with E-state index in [1.807, 2.05) is 44.2 Å². The Bertz CT molecular complexity index is 1030. The summed E-state index contributed by atoms with van der Waals surface area (Å²) in [6.45, 7) is 9.21. The van der Waals surface area contributed by atoms with Gasteiger partial charge in [0.25, 0.3) is 0 Å². The zero-order valence-corrected chi connectivity index (χ0v) is 18.5. The first-order valence-electron chi connectivity index (χ1n) is 10.5. The Hall–Kier alpha value is -2.90. The van der Waals surface area contributed by atoms with Crippen LogP contribution in [0.1, 0.15) is 50.9 Å². The number of methoxy groups -OCH3 is 1. The van der Waals surface area contributed by atoms with Crippen LogP contribution in [0.5, 0.6) is 5.75 Å². The number of ether oxygens (including phenoxy) is 2. The molecule has 0 saturated heterocycles. The predicted octanol–water partition coefficient (Wildman–Crippen LogP) is 4.07. The maximum atomic E-state index is 11.7. The maximum Gasteiger partial charge on any atom is 0.305 e. The zero-order chi connectivity index (χ0) is 21.7. The van der Waals surface area contributed by atoms with Crippen LogP contribution in [0, 0.1) is 19.8 Å². The van der Waals surface area contributed by atoms with Gasteiger partial charge in [0.15, 0.2) is 5.82 Å². The Morgan fingerprint density at radius 3 is 2.70 bits per heavy atom. The fourth-order valence-electron chi connectivity index (χ4n) is 3.40. The molecule has 0 fully saturated rings. The van der Waals surface area contributed by atoms with Crippen LogP contribution in [0.4, 0.5) is 5.82 Å². The molecule has 3 aromatic rings. The van der Waals surface area contributed by atoms with E-state index in [1.165, 1.54) is 0 Å². The van der Waals surface area contributed by atoms with Crippen LogP contribution < -0.4 is 10.1 Å². The van der Waals surface area contributed by atoms with E-state index in [0.29, 0.717) is 30.4 Å². The molecular formula is C22H31N5O3. The number of anilines is 1. The van der Waals surface area contributed by atoms with Gasteiger partial charge >= 0.3 is 5.97 Å². The van der Waals surface area contributed by atoms with E-state index < -0.39 is 0 Å². The fraction of sp³-hybridized carbons (Fsp3) is 0.545. The summed E-state index contributed by atoms with van der Waals surface area (Å²) in [6.07, 6.45) is 3.13. The van der Waals surface area contributed by atoms with Gasteiger partial charge in [0.2, 0.25) is 5.65 Å².